The molecule has 1 aliphatic carbocycles. The Morgan fingerprint density at radius 2 is 2.00 bits per heavy atom. The van der Waals surface area contributed by atoms with Crippen LogP contribution in [-0.2, 0) is 22.8 Å². The second-order valence-electron chi connectivity index (χ2n) is 9.46. The molecule has 12 heteroatoms. The summed E-state index contributed by atoms with van der Waals surface area (Å²) in [6.07, 6.45) is 5.53. The molecule has 0 bridgehead atoms. The molecular formula is C25H23F3N8O. The van der Waals surface area contributed by atoms with Crippen LogP contribution >= 0.6 is 0 Å². The minimum absolute atomic E-state index is 0.0644. The zero-order valence-electron chi connectivity index (χ0n) is 19.9. The summed E-state index contributed by atoms with van der Waals surface area (Å²) in [5.41, 5.74) is 6.80. The van der Waals surface area contributed by atoms with E-state index in [2.05, 4.69) is 32.2 Å². The van der Waals surface area contributed by atoms with Gasteiger partial charge in [-0.25, -0.2) is 19.9 Å². The van der Waals surface area contributed by atoms with Crippen LogP contribution in [0.4, 0.5) is 24.8 Å². The van der Waals surface area contributed by atoms with Gasteiger partial charge in [0, 0.05) is 24.8 Å². The standard InChI is InChI=1S/C25H23F3N8O/c1-2-3-4-15-22-30-9-10-36(22)12-16(32-15)20-33-19(29)18-21(34-20)35-23(37)24(18,13-5-6-13)17-8-7-14(11-31-17)25(26,27)28/h7-13H,2-6H2,1H3,(H3,29,33,34,35,37). The first-order valence-electron chi connectivity index (χ1n) is 12.1. The third kappa shape index (κ3) is 3.61. The van der Waals surface area contributed by atoms with Crippen molar-refractivity contribution >= 4 is 23.2 Å². The number of nitrogens with one attached hydrogen (secondary N) is 1. The first-order chi connectivity index (χ1) is 17.7. The van der Waals surface area contributed by atoms with Gasteiger partial charge in [-0.15, -0.1) is 0 Å². The van der Waals surface area contributed by atoms with Gasteiger partial charge in [-0.2, -0.15) is 13.2 Å². The van der Waals surface area contributed by atoms with Gasteiger partial charge in [-0.05, 0) is 43.7 Å². The SMILES string of the molecule is CCCCc1nc(-c2nc(N)c3c(n2)NC(=O)C3(c2ccc(C(F)(F)F)cn2)C2CC2)cn2ccnc12. The molecule has 0 aromatic carbocycles. The van der Waals surface area contributed by atoms with Gasteiger partial charge in [0.15, 0.2) is 11.5 Å². The van der Waals surface area contributed by atoms with E-state index in [0.29, 0.717) is 24.1 Å². The van der Waals surface area contributed by atoms with Crippen LogP contribution in [0.3, 0.4) is 0 Å². The highest BCUT2D eigenvalue weighted by Crippen LogP contribution is 2.57. The van der Waals surface area contributed by atoms with Crippen molar-refractivity contribution in [3.8, 4) is 11.5 Å². The lowest BCUT2D eigenvalue weighted by Crippen LogP contribution is -2.39. The number of anilines is 2. The second-order valence-corrected chi connectivity index (χ2v) is 9.46. The predicted octanol–water partition coefficient (Wildman–Crippen LogP) is 4.17. The zero-order chi connectivity index (χ0) is 25.9. The highest BCUT2D eigenvalue weighted by molar-refractivity contribution is 6.09. The maximum absolute atomic E-state index is 13.5. The quantitative estimate of drug-likeness (QED) is 0.401. The van der Waals surface area contributed by atoms with Crippen LogP contribution in [0, 0.1) is 5.92 Å². The summed E-state index contributed by atoms with van der Waals surface area (Å²) in [6.45, 7) is 2.09. The van der Waals surface area contributed by atoms with E-state index >= 15 is 0 Å². The average molecular weight is 509 g/mol. The molecule has 9 nitrogen and oxygen atoms in total. The monoisotopic (exact) mass is 508 g/mol. The molecule has 4 aromatic rings. The molecule has 190 valence electrons. The highest BCUT2D eigenvalue weighted by Gasteiger charge is 2.60. The zero-order valence-corrected chi connectivity index (χ0v) is 19.9. The van der Waals surface area contributed by atoms with Crippen molar-refractivity contribution in [2.45, 2.75) is 50.6 Å². The van der Waals surface area contributed by atoms with Crippen LogP contribution < -0.4 is 11.1 Å². The highest BCUT2D eigenvalue weighted by atomic mass is 19.4. The van der Waals surface area contributed by atoms with E-state index in [-0.39, 0.29) is 29.1 Å². The molecule has 1 atom stereocenters. The number of nitrogen functional groups attached to an aromatic ring is 1. The smallest absolute Gasteiger partial charge is 0.383 e. The Bertz CT molecular complexity index is 1530. The number of halogens is 3. The molecule has 0 saturated heterocycles. The number of unbranched alkanes of at least 4 members (excludes halogenated alkanes) is 1. The average Bonchev–Trinajstić information content (AvgIpc) is 3.51. The number of rotatable bonds is 6. The fourth-order valence-electron chi connectivity index (χ4n) is 5.16. The third-order valence-electron chi connectivity index (χ3n) is 7.05. The van der Waals surface area contributed by atoms with E-state index in [9.17, 15) is 18.0 Å². The van der Waals surface area contributed by atoms with E-state index in [4.69, 9.17) is 10.7 Å². The number of nitrogens with zero attached hydrogens (tertiary/aromatic N) is 6. The number of nitrogens with two attached hydrogens (primary N) is 1. The van der Waals surface area contributed by atoms with Gasteiger partial charge in [-0.1, -0.05) is 13.3 Å². The minimum Gasteiger partial charge on any atom is -0.383 e. The topological polar surface area (TPSA) is 124 Å². The van der Waals surface area contributed by atoms with Gasteiger partial charge >= 0.3 is 6.18 Å². The lowest BCUT2D eigenvalue weighted by Gasteiger charge is -2.27. The molecule has 0 radical (unpaired) electrons. The van der Waals surface area contributed by atoms with Crippen molar-refractivity contribution in [3.63, 3.8) is 0 Å². The third-order valence-corrected chi connectivity index (χ3v) is 7.05. The number of aromatic nitrogens is 6. The molecule has 1 aliphatic heterocycles. The Balaban J connectivity index is 1.48. The molecule has 1 saturated carbocycles. The van der Waals surface area contributed by atoms with E-state index in [1.54, 1.807) is 12.4 Å². The van der Waals surface area contributed by atoms with Crippen molar-refractivity contribution in [1.29, 1.82) is 0 Å². The van der Waals surface area contributed by atoms with Crippen LogP contribution in [0.1, 0.15) is 55.1 Å². The summed E-state index contributed by atoms with van der Waals surface area (Å²) in [6, 6.07) is 2.18. The number of hydrogen-bond acceptors (Lipinski definition) is 7. The van der Waals surface area contributed by atoms with Crippen molar-refractivity contribution in [2.24, 2.45) is 5.92 Å². The van der Waals surface area contributed by atoms with Crippen molar-refractivity contribution in [3.05, 3.63) is 59.4 Å². The number of carbonyl (C=O) groups excluding carboxylic acids is 1. The maximum atomic E-state index is 13.5. The Hall–Kier alpha value is -4.09. The van der Waals surface area contributed by atoms with Gasteiger partial charge in [0.25, 0.3) is 0 Å². The Labute approximate surface area is 209 Å². The number of alkyl halides is 3. The summed E-state index contributed by atoms with van der Waals surface area (Å²) >= 11 is 0. The van der Waals surface area contributed by atoms with E-state index < -0.39 is 23.1 Å². The number of aryl methyl sites for hydroxylation is 1. The number of hydrogen-bond donors (Lipinski definition) is 2. The molecule has 37 heavy (non-hydrogen) atoms. The number of amides is 1. The van der Waals surface area contributed by atoms with Gasteiger partial charge in [-0.3, -0.25) is 9.78 Å². The van der Waals surface area contributed by atoms with Crippen molar-refractivity contribution in [2.75, 3.05) is 11.1 Å². The van der Waals surface area contributed by atoms with Gasteiger partial charge in [0.1, 0.15) is 22.7 Å². The second kappa shape index (κ2) is 8.22. The van der Waals surface area contributed by atoms with Crippen LogP contribution in [-0.4, -0.2) is 35.2 Å². The lowest BCUT2D eigenvalue weighted by atomic mass is 9.74. The summed E-state index contributed by atoms with van der Waals surface area (Å²) in [5.74, 6) is -0.0666. The lowest BCUT2D eigenvalue weighted by molar-refractivity contribution is -0.137. The first kappa shape index (κ1) is 23.3. The molecule has 3 N–H and O–H groups in total. The largest absolute Gasteiger partial charge is 0.417 e. The molecule has 6 rings (SSSR count). The molecule has 0 spiro atoms. The molecule has 5 heterocycles. The molecule has 1 fully saturated rings. The van der Waals surface area contributed by atoms with Crippen molar-refractivity contribution in [1.82, 2.24) is 29.3 Å². The maximum Gasteiger partial charge on any atom is 0.417 e. The van der Waals surface area contributed by atoms with Gasteiger partial charge < -0.3 is 15.5 Å². The normalized spacial score (nSPS) is 19.3. The molecular weight excluding hydrogens is 485 g/mol. The molecule has 2 aliphatic rings. The number of imidazole rings is 1. The summed E-state index contributed by atoms with van der Waals surface area (Å²) in [4.78, 5) is 35.9. The van der Waals surface area contributed by atoms with E-state index in [0.717, 1.165) is 42.9 Å². The number of carbonyl (C=O) groups is 1. The van der Waals surface area contributed by atoms with E-state index in [1.807, 2.05) is 10.6 Å². The number of fused-ring (bicyclic) bond motifs is 2. The van der Waals surface area contributed by atoms with Gasteiger partial charge in [0.2, 0.25) is 5.91 Å². The van der Waals surface area contributed by atoms with Crippen LogP contribution in [0.25, 0.3) is 17.2 Å². The summed E-state index contributed by atoms with van der Waals surface area (Å²) < 4.78 is 41.3. The van der Waals surface area contributed by atoms with Crippen LogP contribution in [0.5, 0.6) is 0 Å². The fraction of sp³-hybridized carbons (Fsp3) is 0.360. The van der Waals surface area contributed by atoms with Crippen LogP contribution in [0.2, 0.25) is 0 Å². The summed E-state index contributed by atoms with van der Waals surface area (Å²) in [5, 5.41) is 2.81. The molecule has 1 unspecified atom stereocenters. The number of pyridine rings is 1. The predicted molar refractivity (Wildman–Crippen MR) is 128 cm³/mol. The first-order valence-corrected chi connectivity index (χ1v) is 12.1. The van der Waals surface area contributed by atoms with Crippen molar-refractivity contribution < 1.29 is 18.0 Å². The summed E-state index contributed by atoms with van der Waals surface area (Å²) in [7, 11) is 0. The Morgan fingerprint density at radius 3 is 2.68 bits per heavy atom. The molecule has 4 aromatic heterocycles. The Kier molecular flexibility index (Phi) is 5.18. The van der Waals surface area contributed by atoms with E-state index in [1.165, 1.54) is 6.07 Å². The van der Waals surface area contributed by atoms with Gasteiger partial charge in [0.05, 0.1) is 22.5 Å². The van der Waals surface area contributed by atoms with Crippen LogP contribution in [0.15, 0.2) is 36.9 Å². The minimum atomic E-state index is -4.54. The molecule has 1 amide bonds. The Morgan fingerprint density at radius 1 is 1.19 bits per heavy atom. The fourth-order valence-corrected chi connectivity index (χ4v) is 5.16.